The van der Waals surface area contributed by atoms with Crippen molar-refractivity contribution in [2.45, 2.75) is 33.1 Å². The number of amides is 1. The third-order valence-corrected chi connectivity index (χ3v) is 3.71. The van der Waals surface area contributed by atoms with Crippen molar-refractivity contribution in [2.75, 3.05) is 11.9 Å². The number of carbonyl (C=O) groups is 1. The largest absolute Gasteiger partial charge is 0.492 e. The van der Waals surface area contributed by atoms with Crippen LogP contribution in [0, 0.1) is 11.8 Å². The summed E-state index contributed by atoms with van der Waals surface area (Å²) in [6.07, 6.45) is 6.90. The van der Waals surface area contributed by atoms with E-state index in [1.165, 1.54) is 0 Å². The minimum atomic E-state index is 0.0608. The number of benzene rings is 1. The second-order valence-electron chi connectivity index (χ2n) is 5.82. The van der Waals surface area contributed by atoms with E-state index in [1.807, 2.05) is 6.07 Å². The van der Waals surface area contributed by atoms with E-state index >= 15 is 0 Å². The van der Waals surface area contributed by atoms with Crippen LogP contribution in [0.2, 0.25) is 5.02 Å². The lowest BCUT2D eigenvalue weighted by Gasteiger charge is -2.17. The minimum Gasteiger partial charge on any atom is -0.492 e. The number of ether oxygens (including phenoxy) is 1. The van der Waals surface area contributed by atoms with Gasteiger partial charge < -0.3 is 10.1 Å². The van der Waals surface area contributed by atoms with Gasteiger partial charge in [-0.3, -0.25) is 4.79 Å². The van der Waals surface area contributed by atoms with E-state index < -0.39 is 0 Å². The number of carbonyl (C=O) groups excluding carboxylic acids is 1. The van der Waals surface area contributed by atoms with Crippen LogP contribution >= 0.6 is 11.6 Å². The number of anilines is 1. The van der Waals surface area contributed by atoms with E-state index in [1.54, 1.807) is 12.1 Å². The van der Waals surface area contributed by atoms with Gasteiger partial charge >= 0.3 is 0 Å². The van der Waals surface area contributed by atoms with Crippen LogP contribution in [0.1, 0.15) is 33.1 Å². The lowest BCUT2D eigenvalue weighted by atomic mass is 9.93. The van der Waals surface area contributed by atoms with Crippen molar-refractivity contribution in [3.05, 3.63) is 35.4 Å². The van der Waals surface area contributed by atoms with Gasteiger partial charge in [-0.15, -0.1) is 0 Å². The summed E-state index contributed by atoms with van der Waals surface area (Å²) in [6.45, 7) is 4.79. The van der Waals surface area contributed by atoms with Crippen LogP contribution in [0.15, 0.2) is 30.4 Å². The van der Waals surface area contributed by atoms with Crippen molar-refractivity contribution >= 4 is 23.2 Å². The first kappa shape index (κ1) is 15.9. The average molecular weight is 308 g/mol. The van der Waals surface area contributed by atoms with E-state index in [9.17, 15) is 4.79 Å². The minimum absolute atomic E-state index is 0.0608. The number of rotatable bonds is 5. The smallest absolute Gasteiger partial charge is 0.227 e. The average Bonchev–Trinajstić information content (AvgIpc) is 2.47. The highest BCUT2D eigenvalue weighted by molar-refractivity contribution is 6.32. The Hall–Kier alpha value is -1.48. The highest BCUT2D eigenvalue weighted by Gasteiger charge is 2.19. The summed E-state index contributed by atoms with van der Waals surface area (Å²) >= 11 is 6.19. The monoisotopic (exact) mass is 307 g/mol. The maximum atomic E-state index is 12.2. The second-order valence-corrected chi connectivity index (χ2v) is 6.23. The molecule has 0 aromatic heterocycles. The molecule has 0 bridgehead atoms. The zero-order valence-corrected chi connectivity index (χ0v) is 13.3. The molecule has 3 nitrogen and oxygen atoms in total. The molecule has 0 heterocycles. The molecule has 1 amide bonds. The fourth-order valence-corrected chi connectivity index (χ4v) is 2.46. The molecule has 114 valence electrons. The standard InChI is InChI=1S/C17H22ClNO2/c1-12(2)11-21-16-9-8-14(10-15(16)18)19-17(20)13-6-4-3-5-7-13/h3-4,8-10,12-13H,5-7,11H2,1-2H3,(H,19,20)/t13-/m1/s1. The molecule has 0 radical (unpaired) electrons. The summed E-state index contributed by atoms with van der Waals surface area (Å²) in [5.74, 6) is 1.22. The van der Waals surface area contributed by atoms with Gasteiger partial charge in [0.15, 0.2) is 0 Å². The third kappa shape index (κ3) is 4.78. The first-order valence-electron chi connectivity index (χ1n) is 7.44. The van der Waals surface area contributed by atoms with Crippen molar-refractivity contribution in [2.24, 2.45) is 11.8 Å². The molecule has 0 aliphatic heterocycles. The summed E-state index contributed by atoms with van der Waals surface area (Å²) in [7, 11) is 0. The molecule has 1 aliphatic rings. The maximum absolute atomic E-state index is 12.2. The van der Waals surface area contributed by atoms with Gasteiger partial charge in [-0.1, -0.05) is 37.6 Å². The first-order valence-corrected chi connectivity index (χ1v) is 7.82. The first-order chi connectivity index (χ1) is 10.1. The second kappa shape index (κ2) is 7.51. The molecular weight excluding hydrogens is 286 g/mol. The molecule has 1 aromatic carbocycles. The summed E-state index contributed by atoms with van der Waals surface area (Å²) in [5, 5.41) is 3.46. The fourth-order valence-electron chi connectivity index (χ4n) is 2.23. The molecule has 1 N–H and O–H groups in total. The van der Waals surface area contributed by atoms with E-state index in [-0.39, 0.29) is 11.8 Å². The molecule has 2 rings (SSSR count). The lowest BCUT2D eigenvalue weighted by molar-refractivity contribution is -0.120. The molecule has 21 heavy (non-hydrogen) atoms. The molecule has 0 unspecified atom stereocenters. The van der Waals surface area contributed by atoms with Gasteiger partial charge in [0.25, 0.3) is 0 Å². The summed E-state index contributed by atoms with van der Waals surface area (Å²) < 4.78 is 5.62. The number of allylic oxidation sites excluding steroid dienone is 2. The van der Waals surface area contributed by atoms with Crippen LogP contribution < -0.4 is 10.1 Å². The van der Waals surface area contributed by atoms with E-state index in [4.69, 9.17) is 16.3 Å². The molecule has 1 aromatic rings. The maximum Gasteiger partial charge on any atom is 0.227 e. The topological polar surface area (TPSA) is 38.3 Å². The number of nitrogens with one attached hydrogen (secondary N) is 1. The van der Waals surface area contributed by atoms with Crippen molar-refractivity contribution in [3.63, 3.8) is 0 Å². The van der Waals surface area contributed by atoms with Gasteiger partial charge in [-0.25, -0.2) is 0 Å². The Morgan fingerprint density at radius 3 is 2.86 bits per heavy atom. The van der Waals surface area contributed by atoms with Crippen molar-refractivity contribution < 1.29 is 9.53 Å². The normalized spacial score (nSPS) is 17.8. The van der Waals surface area contributed by atoms with Crippen LogP contribution in [0.5, 0.6) is 5.75 Å². The van der Waals surface area contributed by atoms with Gasteiger partial charge in [0.1, 0.15) is 5.75 Å². The predicted octanol–water partition coefficient (Wildman–Crippen LogP) is 4.67. The highest BCUT2D eigenvalue weighted by Crippen LogP contribution is 2.29. The number of hydrogen-bond acceptors (Lipinski definition) is 2. The molecule has 4 heteroatoms. The van der Waals surface area contributed by atoms with Gasteiger partial charge in [0.2, 0.25) is 5.91 Å². The third-order valence-electron chi connectivity index (χ3n) is 3.41. The van der Waals surface area contributed by atoms with Gasteiger partial charge in [0.05, 0.1) is 11.6 Å². The number of hydrogen-bond donors (Lipinski definition) is 1. The van der Waals surface area contributed by atoms with Gasteiger partial charge in [-0.05, 0) is 43.4 Å². The molecular formula is C17H22ClNO2. The Bertz CT molecular complexity index is 526. The van der Waals surface area contributed by atoms with Crippen LogP contribution in [-0.4, -0.2) is 12.5 Å². The Morgan fingerprint density at radius 2 is 2.24 bits per heavy atom. The quantitative estimate of drug-likeness (QED) is 0.803. The predicted molar refractivity (Wildman–Crippen MR) is 86.9 cm³/mol. The van der Waals surface area contributed by atoms with Crippen molar-refractivity contribution in [3.8, 4) is 5.75 Å². The Kier molecular flexibility index (Phi) is 5.68. The fraction of sp³-hybridized carbons (Fsp3) is 0.471. The lowest BCUT2D eigenvalue weighted by Crippen LogP contribution is -2.23. The van der Waals surface area contributed by atoms with Gasteiger partial charge in [0, 0.05) is 11.6 Å². The van der Waals surface area contributed by atoms with Crippen molar-refractivity contribution in [1.29, 1.82) is 0 Å². The Labute approximate surface area is 131 Å². The van der Waals surface area contributed by atoms with Gasteiger partial charge in [-0.2, -0.15) is 0 Å². The van der Waals surface area contributed by atoms with Crippen LogP contribution in [0.4, 0.5) is 5.69 Å². The Morgan fingerprint density at radius 1 is 1.43 bits per heavy atom. The Balaban J connectivity index is 1.96. The van der Waals surface area contributed by atoms with E-state index in [0.29, 0.717) is 23.3 Å². The SMILES string of the molecule is CC(C)COc1ccc(NC(=O)[C@@H]2CC=CCC2)cc1Cl. The molecule has 0 spiro atoms. The molecule has 1 aliphatic carbocycles. The van der Waals surface area contributed by atoms with E-state index in [2.05, 4.69) is 31.3 Å². The molecule has 0 fully saturated rings. The molecule has 0 saturated carbocycles. The zero-order valence-electron chi connectivity index (χ0n) is 12.6. The highest BCUT2D eigenvalue weighted by atomic mass is 35.5. The summed E-state index contributed by atoms with van der Waals surface area (Å²) in [5.41, 5.74) is 0.719. The van der Waals surface area contributed by atoms with E-state index in [0.717, 1.165) is 24.9 Å². The zero-order chi connectivity index (χ0) is 15.2. The van der Waals surface area contributed by atoms with Crippen LogP contribution in [-0.2, 0) is 4.79 Å². The molecule has 1 atom stereocenters. The number of halogens is 1. The molecule has 0 saturated heterocycles. The van der Waals surface area contributed by atoms with Crippen LogP contribution in [0.3, 0.4) is 0 Å². The summed E-state index contributed by atoms with van der Waals surface area (Å²) in [6, 6.07) is 5.38. The summed E-state index contributed by atoms with van der Waals surface area (Å²) in [4.78, 5) is 12.2. The van der Waals surface area contributed by atoms with Crippen molar-refractivity contribution in [1.82, 2.24) is 0 Å². The van der Waals surface area contributed by atoms with Crippen LogP contribution in [0.25, 0.3) is 0 Å².